The van der Waals surface area contributed by atoms with Crippen molar-refractivity contribution in [1.29, 1.82) is 0 Å². The first-order chi connectivity index (χ1) is 12.1. The zero-order valence-corrected chi connectivity index (χ0v) is 15.7. The van der Waals surface area contributed by atoms with E-state index in [0.29, 0.717) is 19.0 Å². The van der Waals surface area contributed by atoms with Gasteiger partial charge in [-0.05, 0) is 51.7 Å². The van der Waals surface area contributed by atoms with Crippen molar-refractivity contribution in [3.8, 4) is 0 Å². The molecule has 2 aliphatic rings. The minimum absolute atomic E-state index is 0.0290. The normalized spacial score (nSPS) is 26.3. The Kier molecular flexibility index (Phi) is 4.69. The number of carboxylic acid groups (broad SMARTS) is 1. The Hall–Kier alpha value is -2.15. The molecule has 1 N–H and O–H groups in total. The Bertz CT molecular complexity index is 714. The molecule has 2 fully saturated rings. The zero-order chi connectivity index (χ0) is 19.1. The van der Waals surface area contributed by atoms with Gasteiger partial charge in [0, 0.05) is 36.2 Å². The van der Waals surface area contributed by atoms with Gasteiger partial charge in [-0.2, -0.15) is 0 Å². The van der Waals surface area contributed by atoms with Gasteiger partial charge in [-0.1, -0.05) is 0 Å². The SMILES string of the molecule is CC(C)(C)[N+]1(C(=O)[O-])CCC(Nc2ccc([N+](=O)[O-])c(C3CC3)c2)CC1. The van der Waals surface area contributed by atoms with Crippen LogP contribution >= 0.6 is 0 Å². The lowest BCUT2D eigenvalue weighted by Gasteiger charge is -2.51. The van der Waals surface area contributed by atoms with Crippen molar-refractivity contribution in [3.63, 3.8) is 0 Å². The Morgan fingerprint density at radius 1 is 1.19 bits per heavy atom. The number of piperidine rings is 1. The molecule has 1 saturated carbocycles. The number of nitro benzene ring substituents is 1. The van der Waals surface area contributed by atoms with Gasteiger partial charge in [-0.15, -0.1) is 0 Å². The number of nitro groups is 1. The highest BCUT2D eigenvalue weighted by Crippen LogP contribution is 2.45. The van der Waals surface area contributed by atoms with Gasteiger partial charge >= 0.3 is 0 Å². The third-order valence-electron chi connectivity index (χ3n) is 5.96. The van der Waals surface area contributed by atoms with Crippen molar-refractivity contribution in [3.05, 3.63) is 33.9 Å². The predicted octanol–water partition coefficient (Wildman–Crippen LogP) is 3.01. The molecule has 142 valence electrons. The molecule has 1 heterocycles. The molecule has 0 bridgehead atoms. The number of carbonyl (C=O) groups is 1. The van der Waals surface area contributed by atoms with E-state index in [1.54, 1.807) is 12.1 Å². The highest BCUT2D eigenvalue weighted by atomic mass is 16.6. The lowest BCUT2D eigenvalue weighted by Crippen LogP contribution is -2.70. The summed E-state index contributed by atoms with van der Waals surface area (Å²) in [7, 11) is 0. The molecule has 0 aromatic heterocycles. The standard InChI is InChI=1S/C19H27N3O4/c1-19(2,3)22(18(23)24)10-8-14(9-11-22)20-15-6-7-17(21(25)26)16(12-15)13-4-5-13/h6-7,12-14,20H,4-5,8-11H2,1-3H3. The summed E-state index contributed by atoms with van der Waals surface area (Å²) in [5, 5.41) is 26.5. The molecule has 0 spiro atoms. The number of hydrogen-bond donors (Lipinski definition) is 1. The topological polar surface area (TPSA) is 95.3 Å². The molecule has 0 atom stereocenters. The summed E-state index contributed by atoms with van der Waals surface area (Å²) < 4.78 is -0.0290. The lowest BCUT2D eigenvalue weighted by molar-refractivity contribution is -0.923. The lowest BCUT2D eigenvalue weighted by atomic mass is 9.93. The highest BCUT2D eigenvalue weighted by Gasteiger charge is 2.45. The number of likely N-dealkylation sites (tertiary alicyclic amines) is 1. The first-order valence-corrected chi connectivity index (χ1v) is 9.28. The quantitative estimate of drug-likeness (QED) is 0.505. The molecule has 1 aromatic carbocycles. The van der Waals surface area contributed by atoms with E-state index < -0.39 is 11.6 Å². The molecule has 26 heavy (non-hydrogen) atoms. The number of quaternary nitrogens is 1. The second-order valence-corrected chi connectivity index (χ2v) is 8.58. The fourth-order valence-electron chi connectivity index (χ4n) is 4.05. The van der Waals surface area contributed by atoms with E-state index in [4.69, 9.17) is 0 Å². The van der Waals surface area contributed by atoms with Gasteiger partial charge in [0.25, 0.3) is 11.8 Å². The van der Waals surface area contributed by atoms with Crippen LogP contribution in [0, 0.1) is 10.1 Å². The van der Waals surface area contributed by atoms with Crippen molar-refractivity contribution in [1.82, 2.24) is 0 Å². The van der Waals surface area contributed by atoms with Crippen LogP contribution in [-0.2, 0) is 0 Å². The molecule has 1 aromatic rings. The summed E-state index contributed by atoms with van der Waals surface area (Å²) in [4.78, 5) is 22.7. The van der Waals surface area contributed by atoms with Crippen molar-refractivity contribution in [2.75, 3.05) is 18.4 Å². The molecule has 0 unspecified atom stereocenters. The predicted molar refractivity (Wildman–Crippen MR) is 96.9 cm³/mol. The van der Waals surface area contributed by atoms with Crippen LogP contribution in [0.5, 0.6) is 0 Å². The maximum absolute atomic E-state index is 11.8. The fourth-order valence-corrected chi connectivity index (χ4v) is 4.05. The first kappa shape index (κ1) is 18.6. The van der Waals surface area contributed by atoms with Gasteiger partial charge in [0.1, 0.15) is 0 Å². The Morgan fingerprint density at radius 3 is 2.27 bits per heavy atom. The summed E-state index contributed by atoms with van der Waals surface area (Å²) in [6.07, 6.45) is 2.44. The van der Waals surface area contributed by atoms with Crippen molar-refractivity contribution >= 4 is 17.5 Å². The molecule has 1 amide bonds. The van der Waals surface area contributed by atoms with Crippen molar-refractivity contribution in [2.24, 2.45) is 0 Å². The minimum Gasteiger partial charge on any atom is -0.498 e. The molecule has 7 heteroatoms. The summed E-state index contributed by atoms with van der Waals surface area (Å²) in [6.45, 7) is 6.86. The fraction of sp³-hybridized carbons (Fsp3) is 0.632. The van der Waals surface area contributed by atoms with E-state index in [0.717, 1.165) is 36.9 Å². The summed E-state index contributed by atoms with van der Waals surface area (Å²) in [6, 6.07) is 5.39. The molecule has 1 aliphatic heterocycles. The smallest absolute Gasteiger partial charge is 0.273 e. The number of rotatable bonds is 4. The number of anilines is 1. The second kappa shape index (κ2) is 6.54. The average Bonchev–Trinajstić information content (AvgIpc) is 3.38. The van der Waals surface area contributed by atoms with E-state index in [-0.39, 0.29) is 21.1 Å². The van der Waals surface area contributed by atoms with Crippen molar-refractivity contribution in [2.45, 2.75) is 64.0 Å². The number of nitrogens with one attached hydrogen (secondary N) is 1. The molecule has 3 rings (SSSR count). The molecular formula is C19H27N3O4. The van der Waals surface area contributed by atoms with Gasteiger partial charge in [0.15, 0.2) is 0 Å². The largest absolute Gasteiger partial charge is 0.498 e. The number of amides is 1. The number of hydrogen-bond acceptors (Lipinski definition) is 5. The second-order valence-electron chi connectivity index (χ2n) is 8.58. The number of nitrogens with zero attached hydrogens (tertiary/aromatic N) is 2. The van der Waals surface area contributed by atoms with E-state index in [9.17, 15) is 20.0 Å². The monoisotopic (exact) mass is 361 g/mol. The van der Waals surface area contributed by atoms with Gasteiger partial charge in [0.2, 0.25) is 0 Å². The van der Waals surface area contributed by atoms with Crippen LogP contribution in [0.1, 0.15) is 57.9 Å². The maximum atomic E-state index is 11.8. The number of benzene rings is 1. The van der Waals surface area contributed by atoms with Crippen LogP contribution < -0.4 is 10.4 Å². The summed E-state index contributed by atoms with van der Waals surface area (Å²) >= 11 is 0. The van der Waals surface area contributed by atoms with E-state index >= 15 is 0 Å². The first-order valence-electron chi connectivity index (χ1n) is 9.28. The Balaban J connectivity index is 1.71. The van der Waals surface area contributed by atoms with Crippen LogP contribution in [-0.4, -0.2) is 40.2 Å². The van der Waals surface area contributed by atoms with E-state index in [1.165, 1.54) is 0 Å². The Morgan fingerprint density at radius 2 is 1.81 bits per heavy atom. The van der Waals surface area contributed by atoms with Crippen LogP contribution in [0.25, 0.3) is 0 Å². The third kappa shape index (κ3) is 3.40. The summed E-state index contributed by atoms with van der Waals surface area (Å²) in [5.41, 5.74) is 1.48. The molecule has 1 aliphatic carbocycles. The van der Waals surface area contributed by atoms with Crippen molar-refractivity contribution < 1.29 is 19.3 Å². The van der Waals surface area contributed by atoms with Gasteiger partial charge in [-0.25, -0.2) is 0 Å². The molecule has 0 radical (unpaired) electrons. The average molecular weight is 361 g/mol. The van der Waals surface area contributed by atoms with Gasteiger partial charge in [0.05, 0.1) is 23.6 Å². The summed E-state index contributed by atoms with van der Waals surface area (Å²) in [5.74, 6) is 0.298. The Labute approximate surface area is 153 Å². The molecule has 7 nitrogen and oxygen atoms in total. The zero-order valence-electron chi connectivity index (χ0n) is 15.7. The molecular weight excluding hydrogens is 334 g/mol. The van der Waals surface area contributed by atoms with Crippen LogP contribution in [0.4, 0.5) is 16.2 Å². The maximum Gasteiger partial charge on any atom is 0.273 e. The molecule has 1 saturated heterocycles. The minimum atomic E-state index is -1.01. The van der Waals surface area contributed by atoms with E-state index in [2.05, 4.69) is 5.32 Å². The number of carbonyl (C=O) groups excluding carboxylic acids is 1. The van der Waals surface area contributed by atoms with E-state index in [1.807, 2.05) is 26.8 Å². The van der Waals surface area contributed by atoms with Crippen LogP contribution in [0.15, 0.2) is 18.2 Å². The van der Waals surface area contributed by atoms with Crippen LogP contribution in [0.2, 0.25) is 0 Å². The third-order valence-corrected chi connectivity index (χ3v) is 5.96. The van der Waals surface area contributed by atoms with Gasteiger partial charge < -0.3 is 15.2 Å². The van der Waals surface area contributed by atoms with Gasteiger partial charge in [-0.3, -0.25) is 14.6 Å². The van der Waals surface area contributed by atoms with Crippen LogP contribution in [0.3, 0.4) is 0 Å². The highest BCUT2D eigenvalue weighted by molar-refractivity contribution is 5.57.